The molecule has 1 aliphatic rings. The lowest BCUT2D eigenvalue weighted by molar-refractivity contribution is 0.0683. The van der Waals surface area contributed by atoms with Gasteiger partial charge in [0.15, 0.2) is 5.76 Å². The number of para-hydroxylation sites is 1. The molecular formula is C27H23N5O3S. The lowest BCUT2D eigenvalue weighted by Crippen LogP contribution is -2.37. The number of piperidine rings is 1. The van der Waals surface area contributed by atoms with Crippen molar-refractivity contribution >= 4 is 39.9 Å². The van der Waals surface area contributed by atoms with Gasteiger partial charge in [-0.15, -0.1) is 11.3 Å². The number of likely N-dealkylation sites (tertiary alicyclic amines) is 1. The number of aromatic nitrogens is 3. The summed E-state index contributed by atoms with van der Waals surface area (Å²) in [5.74, 6) is 0.743. The van der Waals surface area contributed by atoms with Crippen molar-refractivity contribution in [3.8, 4) is 11.3 Å². The number of thiazole rings is 1. The molecule has 180 valence electrons. The highest BCUT2D eigenvalue weighted by Crippen LogP contribution is 2.31. The molecule has 36 heavy (non-hydrogen) atoms. The molecule has 0 atom stereocenters. The third kappa shape index (κ3) is 4.40. The summed E-state index contributed by atoms with van der Waals surface area (Å²) >= 11 is 1.49. The predicted octanol–water partition coefficient (Wildman–Crippen LogP) is 5.55. The topological polar surface area (TPSA) is 104 Å². The van der Waals surface area contributed by atoms with E-state index < -0.39 is 0 Å². The maximum absolute atomic E-state index is 12.9. The van der Waals surface area contributed by atoms with E-state index in [4.69, 9.17) is 4.42 Å². The monoisotopic (exact) mass is 497 g/mol. The summed E-state index contributed by atoms with van der Waals surface area (Å²) in [6.07, 6.45) is 1.59. The SMILES string of the molecule is O=C(Nc1cc(-c2ccccc2)n[nH]1)c1csc(C2CCN(C(=O)c3cc4ccccc4o3)CC2)n1. The molecule has 2 amide bonds. The highest BCUT2D eigenvalue weighted by molar-refractivity contribution is 7.10. The largest absolute Gasteiger partial charge is 0.451 e. The van der Waals surface area contributed by atoms with Crippen molar-refractivity contribution in [3.05, 3.63) is 88.6 Å². The van der Waals surface area contributed by atoms with E-state index in [1.165, 1.54) is 11.3 Å². The van der Waals surface area contributed by atoms with Gasteiger partial charge in [-0.25, -0.2) is 4.98 Å². The van der Waals surface area contributed by atoms with Crippen molar-refractivity contribution in [1.29, 1.82) is 0 Å². The molecule has 0 spiro atoms. The van der Waals surface area contributed by atoms with Gasteiger partial charge in [0, 0.05) is 41.4 Å². The second-order valence-corrected chi connectivity index (χ2v) is 9.66. The van der Waals surface area contributed by atoms with Gasteiger partial charge in [-0.3, -0.25) is 14.7 Å². The van der Waals surface area contributed by atoms with E-state index in [1.54, 1.807) is 17.5 Å². The minimum atomic E-state index is -0.279. The van der Waals surface area contributed by atoms with Gasteiger partial charge < -0.3 is 14.6 Å². The lowest BCUT2D eigenvalue weighted by Gasteiger charge is -2.30. The lowest BCUT2D eigenvalue weighted by atomic mass is 9.97. The van der Waals surface area contributed by atoms with Crippen LogP contribution in [-0.2, 0) is 0 Å². The molecule has 9 heteroatoms. The number of hydrogen-bond donors (Lipinski definition) is 2. The molecule has 0 aliphatic carbocycles. The minimum absolute atomic E-state index is 0.0849. The van der Waals surface area contributed by atoms with Crippen LogP contribution in [0.5, 0.6) is 0 Å². The van der Waals surface area contributed by atoms with Crippen molar-refractivity contribution in [1.82, 2.24) is 20.1 Å². The minimum Gasteiger partial charge on any atom is -0.451 e. The van der Waals surface area contributed by atoms with Crippen molar-refractivity contribution in [2.45, 2.75) is 18.8 Å². The summed E-state index contributed by atoms with van der Waals surface area (Å²) in [6.45, 7) is 1.25. The van der Waals surface area contributed by atoms with Crippen LogP contribution in [0.3, 0.4) is 0 Å². The van der Waals surface area contributed by atoms with Crippen LogP contribution in [-0.4, -0.2) is 45.0 Å². The number of carbonyl (C=O) groups is 2. The Morgan fingerprint density at radius 1 is 1.03 bits per heavy atom. The van der Waals surface area contributed by atoms with E-state index in [2.05, 4.69) is 20.5 Å². The summed E-state index contributed by atoms with van der Waals surface area (Å²) in [6, 6.07) is 21.0. The van der Waals surface area contributed by atoms with Gasteiger partial charge in [-0.1, -0.05) is 48.5 Å². The van der Waals surface area contributed by atoms with Crippen LogP contribution >= 0.6 is 11.3 Å². The molecule has 0 radical (unpaired) electrons. The summed E-state index contributed by atoms with van der Waals surface area (Å²) in [5.41, 5.74) is 2.83. The number of amides is 2. The number of furan rings is 1. The summed E-state index contributed by atoms with van der Waals surface area (Å²) in [7, 11) is 0. The van der Waals surface area contributed by atoms with Gasteiger partial charge >= 0.3 is 0 Å². The average molecular weight is 498 g/mol. The molecule has 4 heterocycles. The van der Waals surface area contributed by atoms with E-state index in [-0.39, 0.29) is 17.7 Å². The highest BCUT2D eigenvalue weighted by Gasteiger charge is 2.28. The molecule has 2 N–H and O–H groups in total. The van der Waals surface area contributed by atoms with Crippen molar-refractivity contribution in [2.75, 3.05) is 18.4 Å². The Morgan fingerprint density at radius 3 is 2.61 bits per heavy atom. The van der Waals surface area contributed by atoms with E-state index in [0.717, 1.165) is 40.1 Å². The molecule has 8 nitrogen and oxygen atoms in total. The summed E-state index contributed by atoms with van der Waals surface area (Å²) < 4.78 is 5.75. The van der Waals surface area contributed by atoms with Gasteiger partial charge in [0.2, 0.25) is 0 Å². The van der Waals surface area contributed by atoms with Crippen LogP contribution in [0.4, 0.5) is 5.82 Å². The average Bonchev–Trinajstić information content (AvgIpc) is 3.68. The number of rotatable bonds is 5. The van der Waals surface area contributed by atoms with Crippen LogP contribution in [0.25, 0.3) is 22.2 Å². The van der Waals surface area contributed by atoms with Crippen LogP contribution in [0.1, 0.15) is 44.8 Å². The van der Waals surface area contributed by atoms with Crippen molar-refractivity contribution in [2.24, 2.45) is 0 Å². The fourth-order valence-electron chi connectivity index (χ4n) is 4.48. The van der Waals surface area contributed by atoms with E-state index in [0.29, 0.717) is 30.4 Å². The Morgan fingerprint density at radius 2 is 1.81 bits per heavy atom. The van der Waals surface area contributed by atoms with Crippen LogP contribution in [0.15, 0.2) is 76.5 Å². The van der Waals surface area contributed by atoms with Gasteiger partial charge in [0.05, 0.1) is 10.7 Å². The number of nitrogens with zero attached hydrogens (tertiary/aromatic N) is 3. The second-order valence-electron chi connectivity index (χ2n) is 8.77. The second kappa shape index (κ2) is 9.43. The molecule has 5 aromatic rings. The fraction of sp³-hybridized carbons (Fsp3) is 0.185. The zero-order chi connectivity index (χ0) is 24.5. The number of nitrogens with one attached hydrogen (secondary N) is 2. The first-order valence-electron chi connectivity index (χ1n) is 11.8. The van der Waals surface area contributed by atoms with E-state index in [9.17, 15) is 9.59 Å². The zero-order valence-corrected chi connectivity index (χ0v) is 20.1. The molecule has 1 fully saturated rings. The molecule has 6 rings (SSSR count). The number of H-pyrrole nitrogens is 1. The first kappa shape index (κ1) is 22.2. The summed E-state index contributed by atoms with van der Waals surface area (Å²) in [5, 5.41) is 13.6. The number of fused-ring (bicyclic) bond motifs is 1. The number of carbonyl (C=O) groups excluding carboxylic acids is 2. The highest BCUT2D eigenvalue weighted by atomic mass is 32.1. The number of hydrogen-bond acceptors (Lipinski definition) is 6. The molecule has 0 unspecified atom stereocenters. The molecule has 2 aromatic carbocycles. The van der Waals surface area contributed by atoms with Crippen LogP contribution < -0.4 is 5.32 Å². The standard InChI is InChI=1S/C27H23N5O3S/c33-25(29-24-15-20(30-31-24)17-6-2-1-3-7-17)21-16-36-26(28-21)18-10-12-32(13-11-18)27(34)23-14-19-8-4-5-9-22(19)35-23/h1-9,14-16,18H,10-13H2,(H2,29,30,31,33). The number of anilines is 1. The zero-order valence-electron chi connectivity index (χ0n) is 19.3. The third-order valence-electron chi connectivity index (χ3n) is 6.42. The van der Waals surface area contributed by atoms with Gasteiger partial charge in [-0.05, 0) is 25.0 Å². The van der Waals surface area contributed by atoms with Gasteiger partial charge in [-0.2, -0.15) is 5.10 Å². The Balaban J connectivity index is 1.06. The Bertz CT molecular complexity index is 1500. The molecule has 0 bridgehead atoms. The van der Waals surface area contributed by atoms with E-state index in [1.807, 2.05) is 59.5 Å². The Kier molecular flexibility index (Phi) is 5.82. The Labute approximate surface area is 211 Å². The number of benzene rings is 2. The van der Waals surface area contributed by atoms with Crippen molar-refractivity contribution in [3.63, 3.8) is 0 Å². The molecule has 0 saturated carbocycles. The third-order valence-corrected chi connectivity index (χ3v) is 7.43. The first-order valence-corrected chi connectivity index (χ1v) is 12.7. The normalized spacial score (nSPS) is 14.3. The van der Waals surface area contributed by atoms with Gasteiger partial charge in [0.1, 0.15) is 17.1 Å². The first-order chi connectivity index (χ1) is 17.6. The maximum atomic E-state index is 12.9. The number of aromatic amines is 1. The Hall–Kier alpha value is -4.24. The molecular weight excluding hydrogens is 474 g/mol. The van der Waals surface area contributed by atoms with Gasteiger partial charge in [0.25, 0.3) is 11.8 Å². The quantitative estimate of drug-likeness (QED) is 0.331. The molecule has 1 aliphatic heterocycles. The van der Waals surface area contributed by atoms with Crippen LogP contribution in [0, 0.1) is 0 Å². The molecule has 1 saturated heterocycles. The summed E-state index contributed by atoms with van der Waals surface area (Å²) in [4.78, 5) is 32.1. The van der Waals surface area contributed by atoms with Crippen molar-refractivity contribution < 1.29 is 14.0 Å². The fourth-order valence-corrected chi connectivity index (χ4v) is 5.45. The van der Waals surface area contributed by atoms with E-state index >= 15 is 0 Å². The predicted molar refractivity (Wildman–Crippen MR) is 138 cm³/mol. The maximum Gasteiger partial charge on any atom is 0.289 e. The van der Waals surface area contributed by atoms with Crippen LogP contribution in [0.2, 0.25) is 0 Å². The molecule has 3 aromatic heterocycles. The smallest absolute Gasteiger partial charge is 0.289 e.